The number of esters is 1. The molecule has 1 fully saturated rings. The van der Waals surface area contributed by atoms with Gasteiger partial charge in [0.1, 0.15) is 0 Å². The molecule has 1 heterocycles. The third kappa shape index (κ3) is 2.01. The Kier molecular flexibility index (Phi) is 3.64. The second kappa shape index (κ2) is 5.00. The highest BCUT2D eigenvalue weighted by Gasteiger charge is 2.47. The van der Waals surface area contributed by atoms with E-state index < -0.39 is 0 Å². The van der Waals surface area contributed by atoms with Crippen molar-refractivity contribution in [1.82, 2.24) is 5.32 Å². The molecule has 0 bridgehead atoms. The molecule has 2 unspecified atom stereocenters. The first kappa shape index (κ1) is 11.6. The van der Waals surface area contributed by atoms with Gasteiger partial charge in [0.15, 0.2) is 0 Å². The number of nitrogens with one attached hydrogen (secondary N) is 1. The van der Waals surface area contributed by atoms with Gasteiger partial charge in [0.2, 0.25) is 0 Å². The molecule has 0 aromatic carbocycles. The smallest absolute Gasteiger partial charge is 0.313 e. The maximum atomic E-state index is 12.2. The first-order valence-corrected chi connectivity index (χ1v) is 6.35. The first-order valence-electron chi connectivity index (χ1n) is 6.35. The normalized spacial score (nSPS) is 33.9. The monoisotopic (exact) mass is 223 g/mol. The van der Waals surface area contributed by atoms with Gasteiger partial charge in [0.25, 0.3) is 0 Å². The molecule has 2 atom stereocenters. The summed E-state index contributed by atoms with van der Waals surface area (Å²) in [6, 6.07) is 0.301. The van der Waals surface area contributed by atoms with Crippen LogP contribution < -0.4 is 5.32 Å². The summed E-state index contributed by atoms with van der Waals surface area (Å²) in [5, 5.41) is 3.48. The molecule has 3 heteroatoms. The lowest BCUT2D eigenvalue weighted by Gasteiger charge is -2.41. The number of ether oxygens (including phenoxy) is 1. The predicted octanol–water partition coefficient (Wildman–Crippen LogP) is 2.03. The minimum absolute atomic E-state index is 0.00116. The quantitative estimate of drug-likeness (QED) is 0.575. The molecule has 0 amide bonds. The third-order valence-corrected chi connectivity index (χ3v) is 3.85. The van der Waals surface area contributed by atoms with E-state index in [1.54, 1.807) is 0 Å². The van der Waals surface area contributed by atoms with Crippen molar-refractivity contribution in [3.8, 4) is 0 Å². The fourth-order valence-corrected chi connectivity index (χ4v) is 2.97. The van der Waals surface area contributed by atoms with E-state index in [0.29, 0.717) is 12.6 Å². The largest absolute Gasteiger partial charge is 0.466 e. The summed E-state index contributed by atoms with van der Waals surface area (Å²) in [4.78, 5) is 12.2. The summed E-state index contributed by atoms with van der Waals surface area (Å²) >= 11 is 0. The van der Waals surface area contributed by atoms with Crippen molar-refractivity contribution in [2.75, 3.05) is 13.2 Å². The Labute approximate surface area is 97.2 Å². The van der Waals surface area contributed by atoms with Crippen LogP contribution in [0.5, 0.6) is 0 Å². The van der Waals surface area contributed by atoms with E-state index in [1.165, 1.54) is 6.42 Å². The number of allylic oxidation sites excluding steroid dienone is 1. The van der Waals surface area contributed by atoms with Gasteiger partial charge in [0.05, 0.1) is 12.0 Å². The lowest BCUT2D eigenvalue weighted by Crippen LogP contribution is -2.51. The van der Waals surface area contributed by atoms with Crippen LogP contribution in [0, 0.1) is 5.41 Å². The van der Waals surface area contributed by atoms with Crippen molar-refractivity contribution < 1.29 is 9.53 Å². The minimum atomic E-state index is -0.290. The van der Waals surface area contributed by atoms with Crippen LogP contribution >= 0.6 is 0 Å². The van der Waals surface area contributed by atoms with Gasteiger partial charge in [-0.3, -0.25) is 4.79 Å². The maximum absolute atomic E-state index is 12.2. The molecule has 1 aliphatic carbocycles. The van der Waals surface area contributed by atoms with E-state index >= 15 is 0 Å². The van der Waals surface area contributed by atoms with Crippen molar-refractivity contribution in [3.63, 3.8) is 0 Å². The van der Waals surface area contributed by atoms with Crippen LogP contribution in [-0.2, 0) is 9.53 Å². The van der Waals surface area contributed by atoms with Crippen molar-refractivity contribution in [2.24, 2.45) is 5.41 Å². The second-order valence-corrected chi connectivity index (χ2v) is 4.76. The van der Waals surface area contributed by atoms with Crippen LogP contribution in [0.15, 0.2) is 12.2 Å². The molecular weight excluding hydrogens is 202 g/mol. The van der Waals surface area contributed by atoms with Gasteiger partial charge >= 0.3 is 5.97 Å². The molecule has 1 N–H and O–H groups in total. The molecule has 1 saturated carbocycles. The zero-order valence-corrected chi connectivity index (χ0v) is 10.00. The van der Waals surface area contributed by atoms with Crippen LogP contribution in [0.4, 0.5) is 0 Å². The number of fused-ring (bicyclic) bond motifs is 1. The Morgan fingerprint density at radius 3 is 3.19 bits per heavy atom. The van der Waals surface area contributed by atoms with Gasteiger partial charge in [0, 0.05) is 12.6 Å². The Morgan fingerprint density at radius 2 is 2.38 bits per heavy atom. The summed E-state index contributed by atoms with van der Waals surface area (Å²) < 4.78 is 5.28. The molecule has 0 spiro atoms. The van der Waals surface area contributed by atoms with Crippen LogP contribution in [0.1, 0.15) is 39.0 Å². The maximum Gasteiger partial charge on any atom is 0.313 e. The molecule has 3 nitrogen and oxygen atoms in total. The van der Waals surface area contributed by atoms with E-state index in [2.05, 4.69) is 17.5 Å². The highest BCUT2D eigenvalue weighted by molar-refractivity contribution is 5.78. The number of hydrogen-bond acceptors (Lipinski definition) is 3. The topological polar surface area (TPSA) is 38.3 Å². The van der Waals surface area contributed by atoms with Gasteiger partial charge in [-0.15, -0.1) is 0 Å². The van der Waals surface area contributed by atoms with E-state index in [-0.39, 0.29) is 11.4 Å². The molecule has 16 heavy (non-hydrogen) atoms. The summed E-state index contributed by atoms with van der Waals surface area (Å²) in [5.41, 5.74) is -0.290. The third-order valence-electron chi connectivity index (χ3n) is 3.85. The second-order valence-electron chi connectivity index (χ2n) is 4.76. The molecule has 2 aliphatic rings. The molecule has 0 saturated heterocycles. The SMILES string of the molecule is CCOC(=O)C12CC=CCNC1CCCC2. The first-order chi connectivity index (χ1) is 7.79. The fraction of sp³-hybridized carbons (Fsp3) is 0.769. The number of carbonyl (C=O) groups is 1. The number of rotatable bonds is 2. The van der Waals surface area contributed by atoms with E-state index in [4.69, 9.17) is 4.74 Å². The zero-order chi connectivity index (χ0) is 11.4. The Hall–Kier alpha value is -0.830. The van der Waals surface area contributed by atoms with Crippen LogP contribution in [0.3, 0.4) is 0 Å². The molecule has 0 radical (unpaired) electrons. The van der Waals surface area contributed by atoms with E-state index in [0.717, 1.165) is 32.2 Å². The van der Waals surface area contributed by atoms with Crippen LogP contribution in [0.25, 0.3) is 0 Å². The van der Waals surface area contributed by atoms with Gasteiger partial charge in [-0.05, 0) is 26.2 Å². The molecule has 0 aromatic heterocycles. The highest BCUT2D eigenvalue weighted by atomic mass is 16.5. The summed E-state index contributed by atoms with van der Waals surface area (Å²) in [7, 11) is 0. The van der Waals surface area contributed by atoms with Gasteiger partial charge in [-0.2, -0.15) is 0 Å². The Balaban J connectivity index is 2.21. The van der Waals surface area contributed by atoms with Crippen LogP contribution in [0.2, 0.25) is 0 Å². The molecule has 2 rings (SSSR count). The molecule has 90 valence electrons. The van der Waals surface area contributed by atoms with Crippen molar-refractivity contribution >= 4 is 5.97 Å². The molecular formula is C13H21NO2. The van der Waals surface area contributed by atoms with Crippen molar-refractivity contribution in [3.05, 3.63) is 12.2 Å². The zero-order valence-electron chi connectivity index (χ0n) is 10.00. The average molecular weight is 223 g/mol. The van der Waals surface area contributed by atoms with Crippen molar-refractivity contribution in [2.45, 2.75) is 45.1 Å². The predicted molar refractivity (Wildman–Crippen MR) is 63.1 cm³/mol. The molecule has 0 aromatic rings. The van der Waals surface area contributed by atoms with Gasteiger partial charge < -0.3 is 10.1 Å². The van der Waals surface area contributed by atoms with Gasteiger partial charge in [-0.25, -0.2) is 0 Å². The summed E-state index contributed by atoms with van der Waals surface area (Å²) in [5.74, 6) is -0.00116. The standard InChI is InChI=1S/C13H21NO2/c1-2-16-12(15)13-8-4-3-7-11(13)14-10-6-5-9-13/h5-6,11,14H,2-4,7-10H2,1H3. The van der Waals surface area contributed by atoms with E-state index in [1.807, 2.05) is 6.92 Å². The van der Waals surface area contributed by atoms with Gasteiger partial charge in [-0.1, -0.05) is 25.0 Å². The van der Waals surface area contributed by atoms with Crippen molar-refractivity contribution in [1.29, 1.82) is 0 Å². The number of hydrogen-bond donors (Lipinski definition) is 1. The summed E-state index contributed by atoms with van der Waals surface area (Å²) in [6.45, 7) is 3.25. The number of carbonyl (C=O) groups excluding carboxylic acids is 1. The Morgan fingerprint density at radius 1 is 1.50 bits per heavy atom. The lowest BCUT2D eigenvalue weighted by atomic mass is 9.68. The molecule has 1 aliphatic heterocycles. The van der Waals surface area contributed by atoms with E-state index in [9.17, 15) is 4.79 Å². The summed E-state index contributed by atoms with van der Waals surface area (Å²) in [6.07, 6.45) is 9.52. The Bertz CT molecular complexity index is 288. The fourth-order valence-electron chi connectivity index (χ4n) is 2.97. The lowest BCUT2D eigenvalue weighted by molar-refractivity contribution is -0.159. The average Bonchev–Trinajstić information content (AvgIpc) is 2.52. The minimum Gasteiger partial charge on any atom is -0.466 e. The van der Waals surface area contributed by atoms with Crippen LogP contribution in [-0.4, -0.2) is 25.2 Å². The highest BCUT2D eigenvalue weighted by Crippen LogP contribution is 2.41.